The summed E-state index contributed by atoms with van der Waals surface area (Å²) in [6.45, 7) is 1.69. The lowest BCUT2D eigenvalue weighted by molar-refractivity contribution is 0.0599. The number of para-hydroxylation sites is 1. The lowest BCUT2D eigenvalue weighted by Gasteiger charge is -2.04. The van der Waals surface area contributed by atoms with Gasteiger partial charge < -0.3 is 9.26 Å². The Morgan fingerprint density at radius 3 is 2.85 bits per heavy atom. The SMILES string of the molecule is COC(=O)c1c(-c2ccnc3ccccc23)noc1C. The van der Waals surface area contributed by atoms with Crippen LogP contribution in [0.25, 0.3) is 22.2 Å². The van der Waals surface area contributed by atoms with Gasteiger partial charge in [0, 0.05) is 17.1 Å². The molecule has 5 nitrogen and oxygen atoms in total. The Labute approximate surface area is 115 Å². The fourth-order valence-corrected chi connectivity index (χ4v) is 2.20. The van der Waals surface area contributed by atoms with E-state index in [4.69, 9.17) is 9.26 Å². The number of ether oxygens (including phenoxy) is 1. The largest absolute Gasteiger partial charge is 0.465 e. The number of nitrogens with zero attached hydrogens (tertiary/aromatic N) is 2. The number of benzene rings is 1. The van der Waals surface area contributed by atoms with E-state index in [2.05, 4.69) is 10.1 Å². The number of aryl methyl sites for hydroxylation is 1. The molecule has 0 aliphatic heterocycles. The number of aromatic nitrogens is 2. The zero-order valence-electron chi connectivity index (χ0n) is 11.1. The molecule has 0 atom stereocenters. The Bertz CT molecular complexity index is 787. The summed E-state index contributed by atoms with van der Waals surface area (Å²) in [6.07, 6.45) is 1.68. The summed E-state index contributed by atoms with van der Waals surface area (Å²) in [4.78, 5) is 16.2. The number of hydrogen-bond acceptors (Lipinski definition) is 5. The lowest BCUT2D eigenvalue weighted by Crippen LogP contribution is -2.03. The van der Waals surface area contributed by atoms with Gasteiger partial charge >= 0.3 is 5.97 Å². The van der Waals surface area contributed by atoms with E-state index in [1.165, 1.54) is 7.11 Å². The molecule has 0 fully saturated rings. The number of hydrogen-bond donors (Lipinski definition) is 0. The van der Waals surface area contributed by atoms with Crippen molar-refractivity contribution in [2.75, 3.05) is 7.11 Å². The van der Waals surface area contributed by atoms with Crippen molar-refractivity contribution < 1.29 is 14.1 Å². The number of methoxy groups -OCH3 is 1. The molecule has 0 saturated heterocycles. The van der Waals surface area contributed by atoms with Crippen molar-refractivity contribution >= 4 is 16.9 Å². The average Bonchev–Trinajstić information content (AvgIpc) is 2.87. The Kier molecular flexibility index (Phi) is 2.95. The van der Waals surface area contributed by atoms with Gasteiger partial charge in [-0.2, -0.15) is 0 Å². The molecule has 0 aliphatic rings. The molecule has 0 saturated carbocycles. The number of carbonyl (C=O) groups is 1. The first kappa shape index (κ1) is 12.3. The molecule has 0 bridgehead atoms. The quantitative estimate of drug-likeness (QED) is 0.668. The second-order valence-corrected chi connectivity index (χ2v) is 4.33. The topological polar surface area (TPSA) is 65.2 Å². The minimum atomic E-state index is -0.459. The van der Waals surface area contributed by atoms with Crippen molar-refractivity contribution in [3.63, 3.8) is 0 Å². The molecule has 0 radical (unpaired) electrons. The summed E-state index contributed by atoms with van der Waals surface area (Å²) < 4.78 is 9.95. The van der Waals surface area contributed by atoms with Crippen LogP contribution in [0.1, 0.15) is 16.1 Å². The first-order valence-corrected chi connectivity index (χ1v) is 6.11. The molecule has 0 unspecified atom stereocenters. The van der Waals surface area contributed by atoms with Gasteiger partial charge in [-0.1, -0.05) is 23.4 Å². The molecule has 3 aromatic rings. The van der Waals surface area contributed by atoms with E-state index in [0.717, 1.165) is 16.5 Å². The summed E-state index contributed by atoms with van der Waals surface area (Å²) in [7, 11) is 1.34. The molecule has 0 spiro atoms. The maximum absolute atomic E-state index is 11.9. The van der Waals surface area contributed by atoms with Crippen LogP contribution in [-0.2, 0) is 4.74 Å². The smallest absolute Gasteiger partial charge is 0.343 e. The van der Waals surface area contributed by atoms with Crippen LogP contribution >= 0.6 is 0 Å². The average molecular weight is 268 g/mol. The summed E-state index contributed by atoms with van der Waals surface area (Å²) >= 11 is 0. The van der Waals surface area contributed by atoms with Crippen LogP contribution in [0.2, 0.25) is 0 Å². The molecule has 5 heteroatoms. The van der Waals surface area contributed by atoms with Gasteiger partial charge in [0.2, 0.25) is 0 Å². The van der Waals surface area contributed by atoms with Gasteiger partial charge in [-0.25, -0.2) is 4.79 Å². The van der Waals surface area contributed by atoms with Crippen LogP contribution in [-0.4, -0.2) is 23.2 Å². The summed E-state index contributed by atoms with van der Waals surface area (Å²) in [6, 6.07) is 9.48. The highest BCUT2D eigenvalue weighted by molar-refractivity contribution is 6.02. The van der Waals surface area contributed by atoms with Gasteiger partial charge in [-0.15, -0.1) is 0 Å². The molecular weight excluding hydrogens is 256 g/mol. The van der Waals surface area contributed by atoms with Crippen LogP contribution in [0.5, 0.6) is 0 Å². The Hall–Kier alpha value is -2.69. The fraction of sp³-hybridized carbons (Fsp3) is 0.133. The predicted molar refractivity (Wildman–Crippen MR) is 73.3 cm³/mol. The van der Waals surface area contributed by atoms with Crippen molar-refractivity contribution in [1.29, 1.82) is 0 Å². The highest BCUT2D eigenvalue weighted by Gasteiger charge is 2.23. The number of rotatable bonds is 2. The summed E-state index contributed by atoms with van der Waals surface area (Å²) in [5.74, 6) is -0.0209. The monoisotopic (exact) mass is 268 g/mol. The third-order valence-corrected chi connectivity index (χ3v) is 3.16. The van der Waals surface area contributed by atoms with Gasteiger partial charge in [-0.3, -0.25) is 4.98 Å². The van der Waals surface area contributed by atoms with E-state index in [0.29, 0.717) is 17.0 Å². The van der Waals surface area contributed by atoms with E-state index in [-0.39, 0.29) is 0 Å². The van der Waals surface area contributed by atoms with Gasteiger partial charge in [-0.05, 0) is 19.1 Å². The summed E-state index contributed by atoms with van der Waals surface area (Å²) in [5, 5.41) is 4.91. The zero-order valence-corrected chi connectivity index (χ0v) is 11.1. The maximum Gasteiger partial charge on any atom is 0.343 e. The second kappa shape index (κ2) is 4.77. The van der Waals surface area contributed by atoms with Crippen molar-refractivity contribution in [3.8, 4) is 11.3 Å². The van der Waals surface area contributed by atoms with E-state index < -0.39 is 5.97 Å². The van der Waals surface area contributed by atoms with Crippen LogP contribution in [0, 0.1) is 6.92 Å². The maximum atomic E-state index is 11.9. The number of esters is 1. The predicted octanol–water partition coefficient (Wildman–Crippen LogP) is 2.98. The van der Waals surface area contributed by atoms with E-state index in [9.17, 15) is 4.79 Å². The molecule has 0 amide bonds. The van der Waals surface area contributed by atoms with E-state index in [1.807, 2.05) is 30.3 Å². The van der Waals surface area contributed by atoms with Crippen LogP contribution in [0.4, 0.5) is 0 Å². The van der Waals surface area contributed by atoms with Crippen molar-refractivity contribution in [1.82, 2.24) is 10.1 Å². The molecule has 0 N–H and O–H groups in total. The molecule has 1 aromatic carbocycles. The van der Waals surface area contributed by atoms with Crippen LogP contribution < -0.4 is 0 Å². The van der Waals surface area contributed by atoms with Crippen molar-refractivity contribution in [3.05, 3.63) is 47.9 Å². The first-order valence-electron chi connectivity index (χ1n) is 6.11. The Morgan fingerprint density at radius 2 is 2.05 bits per heavy atom. The number of pyridine rings is 1. The van der Waals surface area contributed by atoms with Gasteiger partial charge in [0.25, 0.3) is 0 Å². The number of fused-ring (bicyclic) bond motifs is 1. The van der Waals surface area contributed by atoms with E-state index in [1.54, 1.807) is 13.1 Å². The molecule has 3 rings (SSSR count). The lowest BCUT2D eigenvalue weighted by atomic mass is 10.0. The molecule has 2 heterocycles. The highest BCUT2D eigenvalue weighted by Crippen LogP contribution is 2.30. The molecular formula is C15H12N2O3. The standard InChI is InChI=1S/C15H12N2O3/c1-9-13(15(18)19-2)14(17-20-9)11-7-8-16-12-6-4-3-5-10(11)12/h3-8H,1-2H3. The minimum Gasteiger partial charge on any atom is -0.465 e. The minimum absolute atomic E-state index is 0.351. The van der Waals surface area contributed by atoms with Gasteiger partial charge in [0.1, 0.15) is 17.0 Å². The second-order valence-electron chi connectivity index (χ2n) is 4.33. The zero-order chi connectivity index (χ0) is 14.1. The normalized spacial score (nSPS) is 10.7. The Morgan fingerprint density at radius 1 is 1.25 bits per heavy atom. The van der Waals surface area contributed by atoms with Crippen molar-refractivity contribution in [2.45, 2.75) is 6.92 Å². The highest BCUT2D eigenvalue weighted by atomic mass is 16.5. The molecule has 100 valence electrons. The first-order chi connectivity index (χ1) is 9.72. The Balaban J connectivity index is 2.29. The van der Waals surface area contributed by atoms with Crippen LogP contribution in [0.15, 0.2) is 41.1 Å². The molecule has 2 aromatic heterocycles. The third-order valence-electron chi connectivity index (χ3n) is 3.16. The fourth-order valence-electron chi connectivity index (χ4n) is 2.20. The number of carbonyl (C=O) groups excluding carboxylic acids is 1. The van der Waals surface area contributed by atoms with Crippen molar-refractivity contribution in [2.24, 2.45) is 0 Å². The molecule has 20 heavy (non-hydrogen) atoms. The third kappa shape index (κ3) is 1.84. The summed E-state index contributed by atoms with van der Waals surface area (Å²) in [5.41, 5.74) is 2.46. The van der Waals surface area contributed by atoms with Crippen LogP contribution in [0.3, 0.4) is 0 Å². The van der Waals surface area contributed by atoms with Gasteiger partial charge in [0.05, 0.1) is 12.6 Å². The van der Waals surface area contributed by atoms with Gasteiger partial charge in [0.15, 0.2) is 0 Å². The van der Waals surface area contributed by atoms with E-state index >= 15 is 0 Å². The molecule has 0 aliphatic carbocycles.